The molecule has 90 valence electrons. The molecular weight excluding hydrogens is 352 g/mol. The van der Waals surface area contributed by atoms with E-state index in [9.17, 15) is 5.11 Å². The first kappa shape index (κ1) is 13.1. The standard InChI is InChI=1S/C12H16Br2OS/c1-12(5-3-2-4-6-12)10(15)9-7-8(13)11(14)16-9/h7,10,15H,2-6H2,1H3. The van der Waals surface area contributed by atoms with Gasteiger partial charge in [-0.2, -0.15) is 0 Å². The minimum Gasteiger partial charge on any atom is -0.387 e. The summed E-state index contributed by atoms with van der Waals surface area (Å²) in [5.41, 5.74) is 0.0714. The van der Waals surface area contributed by atoms with Crippen LogP contribution in [0.1, 0.15) is 50.0 Å². The Balaban J connectivity index is 2.20. The molecule has 1 fully saturated rings. The van der Waals surface area contributed by atoms with E-state index in [0.717, 1.165) is 26.0 Å². The van der Waals surface area contributed by atoms with Gasteiger partial charge >= 0.3 is 0 Å². The molecule has 2 rings (SSSR count). The molecule has 1 unspecified atom stereocenters. The Morgan fingerprint density at radius 3 is 2.44 bits per heavy atom. The van der Waals surface area contributed by atoms with Crippen LogP contribution >= 0.6 is 43.2 Å². The van der Waals surface area contributed by atoms with Crippen LogP contribution in [0.15, 0.2) is 14.3 Å². The molecule has 0 spiro atoms. The molecular formula is C12H16Br2OS. The molecule has 1 saturated carbocycles. The van der Waals surface area contributed by atoms with Gasteiger partial charge < -0.3 is 5.11 Å². The highest BCUT2D eigenvalue weighted by atomic mass is 79.9. The fourth-order valence-corrected chi connectivity index (χ4v) is 4.73. The second-order valence-corrected chi connectivity index (χ2v) is 8.14. The van der Waals surface area contributed by atoms with Crippen LogP contribution in [-0.2, 0) is 0 Å². The van der Waals surface area contributed by atoms with Gasteiger partial charge in [0.2, 0.25) is 0 Å². The van der Waals surface area contributed by atoms with Crippen LogP contribution in [0.5, 0.6) is 0 Å². The van der Waals surface area contributed by atoms with E-state index >= 15 is 0 Å². The number of halogens is 2. The van der Waals surface area contributed by atoms with E-state index in [0.29, 0.717) is 0 Å². The Hall–Kier alpha value is 0.620. The van der Waals surface area contributed by atoms with E-state index in [2.05, 4.69) is 38.8 Å². The lowest BCUT2D eigenvalue weighted by Crippen LogP contribution is -2.27. The average Bonchev–Trinajstić information content (AvgIpc) is 2.59. The molecule has 0 aromatic carbocycles. The Morgan fingerprint density at radius 1 is 1.31 bits per heavy atom. The number of thiophene rings is 1. The van der Waals surface area contributed by atoms with Crippen molar-refractivity contribution in [3.05, 3.63) is 19.2 Å². The van der Waals surface area contributed by atoms with Crippen molar-refractivity contribution in [2.75, 3.05) is 0 Å². The normalized spacial score (nSPS) is 22.0. The van der Waals surface area contributed by atoms with Crippen molar-refractivity contribution in [1.82, 2.24) is 0 Å². The summed E-state index contributed by atoms with van der Waals surface area (Å²) in [5.74, 6) is 0. The fraction of sp³-hybridized carbons (Fsp3) is 0.667. The van der Waals surface area contributed by atoms with Gasteiger partial charge in [0.1, 0.15) is 0 Å². The maximum atomic E-state index is 10.5. The summed E-state index contributed by atoms with van der Waals surface area (Å²) in [5, 5.41) is 10.5. The number of hydrogen-bond donors (Lipinski definition) is 1. The van der Waals surface area contributed by atoms with Gasteiger partial charge in [0.25, 0.3) is 0 Å². The molecule has 1 aromatic rings. The van der Waals surface area contributed by atoms with Gasteiger partial charge in [-0.15, -0.1) is 11.3 Å². The number of hydrogen-bond acceptors (Lipinski definition) is 2. The van der Waals surface area contributed by atoms with Crippen LogP contribution in [0.2, 0.25) is 0 Å². The highest BCUT2D eigenvalue weighted by molar-refractivity contribution is 9.13. The van der Waals surface area contributed by atoms with Crippen molar-refractivity contribution in [3.8, 4) is 0 Å². The fourth-order valence-electron chi connectivity index (χ4n) is 2.47. The van der Waals surface area contributed by atoms with Gasteiger partial charge in [-0.3, -0.25) is 0 Å². The molecule has 1 aliphatic carbocycles. The first-order valence-electron chi connectivity index (χ1n) is 5.66. The third-order valence-corrected chi connectivity index (χ3v) is 6.90. The number of aliphatic hydroxyl groups is 1. The maximum Gasteiger partial charge on any atom is 0.0936 e. The summed E-state index contributed by atoms with van der Waals surface area (Å²) < 4.78 is 2.12. The summed E-state index contributed by atoms with van der Waals surface area (Å²) in [6.45, 7) is 2.22. The van der Waals surface area contributed by atoms with Crippen LogP contribution < -0.4 is 0 Å². The van der Waals surface area contributed by atoms with Gasteiger partial charge in [0.05, 0.1) is 9.89 Å². The zero-order chi connectivity index (χ0) is 11.8. The largest absolute Gasteiger partial charge is 0.387 e. The van der Waals surface area contributed by atoms with Gasteiger partial charge in [-0.1, -0.05) is 26.2 Å². The zero-order valence-corrected chi connectivity index (χ0v) is 13.3. The second kappa shape index (κ2) is 5.09. The summed E-state index contributed by atoms with van der Waals surface area (Å²) in [4.78, 5) is 1.07. The van der Waals surface area contributed by atoms with Gasteiger partial charge in [0.15, 0.2) is 0 Å². The average molecular weight is 368 g/mol. The highest BCUT2D eigenvalue weighted by Gasteiger charge is 2.36. The van der Waals surface area contributed by atoms with Crippen molar-refractivity contribution >= 4 is 43.2 Å². The van der Waals surface area contributed by atoms with Crippen molar-refractivity contribution in [3.63, 3.8) is 0 Å². The van der Waals surface area contributed by atoms with Crippen molar-refractivity contribution in [2.24, 2.45) is 5.41 Å². The molecule has 1 atom stereocenters. The molecule has 0 aliphatic heterocycles. The van der Waals surface area contributed by atoms with Crippen LogP contribution in [-0.4, -0.2) is 5.11 Å². The molecule has 0 saturated heterocycles. The smallest absolute Gasteiger partial charge is 0.0936 e. The lowest BCUT2D eigenvalue weighted by molar-refractivity contribution is 0.0107. The Morgan fingerprint density at radius 2 is 1.94 bits per heavy atom. The highest BCUT2D eigenvalue weighted by Crippen LogP contribution is 2.48. The van der Waals surface area contributed by atoms with Crippen molar-refractivity contribution in [2.45, 2.75) is 45.1 Å². The van der Waals surface area contributed by atoms with Crippen molar-refractivity contribution < 1.29 is 5.11 Å². The quantitative estimate of drug-likeness (QED) is 0.754. The molecule has 1 aromatic heterocycles. The SMILES string of the molecule is CC1(C(O)c2cc(Br)c(Br)s2)CCCCC1. The number of rotatable bonds is 2. The molecule has 4 heteroatoms. The Labute approximate surface area is 118 Å². The van der Waals surface area contributed by atoms with Crippen LogP contribution in [0.4, 0.5) is 0 Å². The summed E-state index contributed by atoms with van der Waals surface area (Å²) in [6.07, 6.45) is 5.78. The lowest BCUT2D eigenvalue weighted by Gasteiger charge is -2.37. The summed E-state index contributed by atoms with van der Waals surface area (Å²) in [6, 6.07) is 2.04. The van der Waals surface area contributed by atoms with E-state index in [1.165, 1.54) is 19.3 Å². The monoisotopic (exact) mass is 366 g/mol. The second-order valence-electron chi connectivity index (χ2n) is 4.89. The van der Waals surface area contributed by atoms with Crippen LogP contribution in [0.25, 0.3) is 0 Å². The van der Waals surface area contributed by atoms with E-state index < -0.39 is 0 Å². The maximum absolute atomic E-state index is 10.5. The first-order valence-corrected chi connectivity index (χ1v) is 8.06. The zero-order valence-electron chi connectivity index (χ0n) is 9.30. The Bertz CT molecular complexity index is 350. The van der Waals surface area contributed by atoms with E-state index in [-0.39, 0.29) is 11.5 Å². The molecule has 16 heavy (non-hydrogen) atoms. The molecule has 1 nitrogen and oxygen atoms in total. The third-order valence-electron chi connectivity index (χ3n) is 3.59. The summed E-state index contributed by atoms with van der Waals surface area (Å²) >= 11 is 8.60. The number of aliphatic hydroxyl groups excluding tert-OH is 1. The van der Waals surface area contributed by atoms with E-state index in [1.807, 2.05) is 6.07 Å². The molecule has 0 amide bonds. The van der Waals surface area contributed by atoms with Crippen LogP contribution in [0.3, 0.4) is 0 Å². The molecule has 1 aliphatic rings. The van der Waals surface area contributed by atoms with Gasteiger partial charge in [-0.25, -0.2) is 0 Å². The predicted molar refractivity (Wildman–Crippen MR) is 75.9 cm³/mol. The first-order chi connectivity index (χ1) is 7.53. The van der Waals surface area contributed by atoms with Crippen LogP contribution in [0, 0.1) is 5.41 Å². The lowest BCUT2D eigenvalue weighted by atomic mass is 9.71. The molecule has 0 radical (unpaired) electrons. The summed E-state index contributed by atoms with van der Waals surface area (Å²) in [7, 11) is 0. The predicted octanol–water partition coefficient (Wildman–Crippen LogP) is 5.28. The van der Waals surface area contributed by atoms with E-state index in [4.69, 9.17) is 0 Å². The topological polar surface area (TPSA) is 20.2 Å². The molecule has 0 bridgehead atoms. The molecule has 1 N–H and O–H groups in total. The van der Waals surface area contributed by atoms with Crippen molar-refractivity contribution in [1.29, 1.82) is 0 Å². The van der Waals surface area contributed by atoms with E-state index in [1.54, 1.807) is 11.3 Å². The minimum absolute atomic E-state index is 0.0714. The molecule has 1 heterocycles. The minimum atomic E-state index is -0.319. The van der Waals surface area contributed by atoms with Gasteiger partial charge in [-0.05, 0) is 56.2 Å². The third kappa shape index (κ3) is 2.55. The Kier molecular flexibility index (Phi) is 4.15. The van der Waals surface area contributed by atoms with Gasteiger partial charge in [0, 0.05) is 9.35 Å².